The van der Waals surface area contributed by atoms with Gasteiger partial charge in [0, 0.05) is 0 Å². The summed E-state index contributed by atoms with van der Waals surface area (Å²) in [5.41, 5.74) is 0. The fourth-order valence-corrected chi connectivity index (χ4v) is 3.27. The highest BCUT2D eigenvalue weighted by atomic mass is 32.2. The molecule has 1 atom stereocenters. The number of hydrogen-bond acceptors (Lipinski definition) is 2. The molecule has 0 spiro atoms. The van der Waals surface area contributed by atoms with Crippen LogP contribution in [0.1, 0.15) is 78.1 Å². The Morgan fingerprint density at radius 2 is 1.39 bits per heavy atom. The van der Waals surface area contributed by atoms with E-state index in [1.54, 1.807) is 0 Å². The van der Waals surface area contributed by atoms with E-state index in [9.17, 15) is 8.42 Å². The van der Waals surface area contributed by atoms with Crippen LogP contribution in [0.25, 0.3) is 0 Å². The third kappa shape index (κ3) is 12.4. The zero-order chi connectivity index (χ0) is 13.9. The summed E-state index contributed by atoms with van der Waals surface area (Å²) in [6.07, 6.45) is 11.9. The minimum Gasteiger partial charge on any atom is -0.286 e. The van der Waals surface area contributed by atoms with Crippen molar-refractivity contribution in [2.75, 3.05) is 5.75 Å². The second-order valence-corrected chi connectivity index (χ2v) is 6.78. The number of hydrogen-bond donors (Lipinski definition) is 1. The first-order valence-corrected chi connectivity index (χ1v) is 9.05. The Bertz CT molecular complexity index is 273. The van der Waals surface area contributed by atoms with Gasteiger partial charge < -0.3 is 0 Å². The Hall–Kier alpha value is -0.0900. The summed E-state index contributed by atoms with van der Waals surface area (Å²) >= 11 is 0. The summed E-state index contributed by atoms with van der Waals surface area (Å²) in [7, 11) is -3.79. The van der Waals surface area contributed by atoms with Crippen LogP contribution < -0.4 is 0 Å². The minimum absolute atomic E-state index is 0.0694. The molecule has 110 valence electrons. The molecule has 0 heterocycles. The Labute approximate surface area is 113 Å². The van der Waals surface area contributed by atoms with Crippen LogP contribution in [0, 0.1) is 5.92 Å². The predicted octanol–water partition coefficient (Wildman–Crippen LogP) is 4.43. The Kier molecular flexibility index (Phi) is 10.7. The van der Waals surface area contributed by atoms with Gasteiger partial charge in [-0.25, -0.2) is 0 Å². The first kappa shape index (κ1) is 17.9. The average molecular weight is 278 g/mol. The molecule has 0 saturated carbocycles. The van der Waals surface area contributed by atoms with E-state index in [4.69, 9.17) is 4.55 Å². The lowest BCUT2D eigenvalue weighted by Gasteiger charge is -2.12. The van der Waals surface area contributed by atoms with E-state index in [1.807, 2.05) is 6.92 Å². The molecule has 0 aliphatic carbocycles. The van der Waals surface area contributed by atoms with Crippen molar-refractivity contribution in [2.24, 2.45) is 5.92 Å². The molecule has 0 bridgehead atoms. The van der Waals surface area contributed by atoms with Crippen molar-refractivity contribution < 1.29 is 13.0 Å². The highest BCUT2D eigenvalue weighted by Gasteiger charge is 2.14. The van der Waals surface area contributed by atoms with Crippen LogP contribution in [-0.2, 0) is 10.1 Å². The maximum absolute atomic E-state index is 10.8. The lowest BCUT2D eigenvalue weighted by molar-refractivity contribution is 0.434. The maximum atomic E-state index is 10.8. The predicted molar refractivity (Wildman–Crippen MR) is 77.4 cm³/mol. The third-order valence-corrected chi connectivity index (χ3v) is 4.38. The molecule has 0 aromatic carbocycles. The summed E-state index contributed by atoms with van der Waals surface area (Å²) in [4.78, 5) is 0. The van der Waals surface area contributed by atoms with Crippen LogP contribution in [0.15, 0.2) is 0 Å². The molecule has 0 aromatic heterocycles. The van der Waals surface area contributed by atoms with Crippen molar-refractivity contribution in [2.45, 2.75) is 78.1 Å². The zero-order valence-electron chi connectivity index (χ0n) is 12.0. The Balaban J connectivity index is 3.46. The molecule has 0 saturated heterocycles. The fourth-order valence-electron chi connectivity index (χ4n) is 2.27. The molecule has 0 aliphatic rings. The van der Waals surface area contributed by atoms with E-state index < -0.39 is 10.1 Å². The van der Waals surface area contributed by atoms with Crippen LogP contribution in [0.4, 0.5) is 0 Å². The van der Waals surface area contributed by atoms with Crippen molar-refractivity contribution in [1.29, 1.82) is 0 Å². The molecule has 0 rings (SSSR count). The first-order chi connectivity index (χ1) is 8.49. The van der Waals surface area contributed by atoms with Gasteiger partial charge in [-0.3, -0.25) is 4.55 Å². The molecule has 0 aliphatic heterocycles. The molecular formula is C14H30O3S. The highest BCUT2D eigenvalue weighted by Crippen LogP contribution is 2.17. The largest absolute Gasteiger partial charge is 0.286 e. The van der Waals surface area contributed by atoms with E-state index in [0.29, 0.717) is 0 Å². The summed E-state index contributed by atoms with van der Waals surface area (Å²) in [6, 6.07) is 0. The zero-order valence-corrected chi connectivity index (χ0v) is 12.8. The van der Waals surface area contributed by atoms with Gasteiger partial charge in [-0.05, 0) is 12.3 Å². The van der Waals surface area contributed by atoms with Crippen LogP contribution in [0.2, 0.25) is 0 Å². The Morgan fingerprint density at radius 1 is 0.889 bits per heavy atom. The van der Waals surface area contributed by atoms with E-state index in [2.05, 4.69) is 6.92 Å². The molecule has 0 fully saturated rings. The van der Waals surface area contributed by atoms with E-state index in [1.165, 1.54) is 44.9 Å². The molecule has 3 nitrogen and oxygen atoms in total. The van der Waals surface area contributed by atoms with Gasteiger partial charge in [0.25, 0.3) is 10.1 Å². The molecule has 4 heteroatoms. The van der Waals surface area contributed by atoms with Gasteiger partial charge in [0.15, 0.2) is 0 Å². The molecule has 1 N–H and O–H groups in total. The van der Waals surface area contributed by atoms with Crippen molar-refractivity contribution in [1.82, 2.24) is 0 Å². The van der Waals surface area contributed by atoms with Crippen molar-refractivity contribution in [3.8, 4) is 0 Å². The number of unbranched alkanes of at least 4 members (excludes halogenated alkanes) is 7. The van der Waals surface area contributed by atoms with E-state index >= 15 is 0 Å². The monoisotopic (exact) mass is 278 g/mol. The first-order valence-electron chi connectivity index (χ1n) is 7.44. The van der Waals surface area contributed by atoms with Gasteiger partial charge in [-0.1, -0.05) is 71.6 Å². The average Bonchev–Trinajstić information content (AvgIpc) is 2.29. The van der Waals surface area contributed by atoms with Crippen LogP contribution in [0.5, 0.6) is 0 Å². The molecular weight excluding hydrogens is 248 g/mol. The van der Waals surface area contributed by atoms with Crippen LogP contribution in [0.3, 0.4) is 0 Å². The third-order valence-electron chi connectivity index (χ3n) is 3.49. The molecule has 1 unspecified atom stereocenters. The van der Waals surface area contributed by atoms with E-state index in [0.717, 1.165) is 19.3 Å². The van der Waals surface area contributed by atoms with Crippen molar-refractivity contribution in [3.05, 3.63) is 0 Å². The fraction of sp³-hybridized carbons (Fsp3) is 1.00. The smallest absolute Gasteiger partial charge is 0.265 e. The standard InChI is InChI=1S/C14H30O3S/c1-3-5-6-7-8-9-10-11-12-14(4-2)13-18(15,16)17/h14H,3-13H2,1-2H3,(H,15,16,17). The second-order valence-electron chi connectivity index (χ2n) is 5.29. The van der Waals surface area contributed by atoms with Gasteiger partial charge in [0.2, 0.25) is 0 Å². The Morgan fingerprint density at radius 3 is 1.83 bits per heavy atom. The maximum Gasteiger partial charge on any atom is 0.265 e. The normalized spacial score (nSPS) is 13.7. The summed E-state index contributed by atoms with van der Waals surface area (Å²) in [5, 5.41) is 0. The molecule has 0 amide bonds. The molecule has 18 heavy (non-hydrogen) atoms. The lowest BCUT2D eigenvalue weighted by atomic mass is 9.99. The topological polar surface area (TPSA) is 54.4 Å². The van der Waals surface area contributed by atoms with Gasteiger partial charge in [0.1, 0.15) is 0 Å². The highest BCUT2D eigenvalue weighted by molar-refractivity contribution is 7.85. The minimum atomic E-state index is -3.79. The SMILES string of the molecule is CCCCCCCCCCC(CC)CS(=O)(=O)O. The lowest BCUT2D eigenvalue weighted by Crippen LogP contribution is -2.14. The summed E-state index contributed by atoms with van der Waals surface area (Å²) in [6.45, 7) is 4.21. The van der Waals surface area contributed by atoms with Crippen molar-refractivity contribution >= 4 is 10.1 Å². The van der Waals surface area contributed by atoms with Crippen molar-refractivity contribution in [3.63, 3.8) is 0 Å². The van der Waals surface area contributed by atoms with Crippen LogP contribution in [-0.4, -0.2) is 18.7 Å². The van der Waals surface area contributed by atoms with Gasteiger partial charge >= 0.3 is 0 Å². The summed E-state index contributed by atoms with van der Waals surface area (Å²) < 4.78 is 30.4. The molecule has 0 aromatic rings. The molecule has 0 radical (unpaired) electrons. The van der Waals surface area contributed by atoms with E-state index in [-0.39, 0.29) is 11.7 Å². The van der Waals surface area contributed by atoms with Crippen LogP contribution >= 0.6 is 0 Å². The van der Waals surface area contributed by atoms with Gasteiger partial charge in [-0.15, -0.1) is 0 Å². The number of rotatable bonds is 12. The summed E-state index contributed by atoms with van der Waals surface area (Å²) in [5.74, 6) is 0.0556. The second kappa shape index (κ2) is 10.8. The van der Waals surface area contributed by atoms with Gasteiger partial charge in [0.05, 0.1) is 5.75 Å². The van der Waals surface area contributed by atoms with Gasteiger partial charge in [-0.2, -0.15) is 8.42 Å². The quantitative estimate of drug-likeness (QED) is 0.424.